The van der Waals surface area contributed by atoms with Crippen molar-refractivity contribution in [2.45, 2.75) is 80.0 Å². The van der Waals surface area contributed by atoms with Gasteiger partial charge in [-0.3, -0.25) is 9.59 Å². The third-order valence-electron chi connectivity index (χ3n) is 4.56. The van der Waals surface area contributed by atoms with Crippen molar-refractivity contribution in [1.82, 2.24) is 0 Å². The first-order valence-corrected chi connectivity index (χ1v) is 9.18. The molecule has 0 aliphatic carbocycles. The second kappa shape index (κ2) is 8.93. The lowest BCUT2D eigenvalue weighted by Gasteiger charge is -2.31. The fourth-order valence-corrected chi connectivity index (χ4v) is 2.97. The van der Waals surface area contributed by atoms with Crippen LogP contribution in [0.15, 0.2) is 0 Å². The molecule has 0 radical (unpaired) electrons. The smallest absolute Gasteiger partial charge is 0.529 e. The van der Waals surface area contributed by atoms with Crippen LogP contribution in [0, 0.1) is 10.8 Å². The molecule has 0 N–H and O–H groups in total. The Labute approximate surface area is 147 Å². The van der Waals surface area contributed by atoms with Gasteiger partial charge in [0.1, 0.15) is 0 Å². The molecule has 1 aliphatic rings. The van der Waals surface area contributed by atoms with E-state index in [1.165, 1.54) is 0 Å². The summed E-state index contributed by atoms with van der Waals surface area (Å²) >= 11 is 0. The lowest BCUT2D eigenvalue weighted by molar-refractivity contribution is -0.147. The fourth-order valence-electron chi connectivity index (χ4n) is 2.97. The van der Waals surface area contributed by atoms with Gasteiger partial charge in [0.15, 0.2) is 0 Å². The molecule has 0 aromatic heterocycles. The molecule has 1 aliphatic heterocycles. The van der Waals surface area contributed by atoms with Crippen molar-refractivity contribution in [3.63, 3.8) is 0 Å². The summed E-state index contributed by atoms with van der Waals surface area (Å²) in [6.07, 6.45) is 4.75. The molecule has 1 saturated heterocycles. The summed E-state index contributed by atoms with van der Waals surface area (Å²) in [5.41, 5.74) is -1.10. The normalized spacial score (nSPS) is 16.1. The molecule has 0 bridgehead atoms. The maximum Gasteiger partial charge on any atom is 0.529 e. The van der Waals surface area contributed by atoms with Gasteiger partial charge in [-0.2, -0.15) is 0 Å². The van der Waals surface area contributed by atoms with Gasteiger partial charge in [-0.15, -0.1) is 0 Å². The molecule has 136 valence electrons. The van der Waals surface area contributed by atoms with E-state index in [0.717, 1.165) is 32.1 Å². The quantitative estimate of drug-likeness (QED) is 0.632. The molecule has 5 nitrogen and oxygen atoms in total. The third kappa shape index (κ3) is 5.83. The molecular weight excluding hydrogens is 306 g/mol. The van der Waals surface area contributed by atoms with Crippen LogP contribution in [-0.4, -0.2) is 32.4 Å². The zero-order chi connectivity index (χ0) is 18.4. The highest BCUT2D eigenvalue weighted by Crippen LogP contribution is 2.28. The highest BCUT2D eigenvalue weighted by Gasteiger charge is 2.47. The predicted octanol–water partition coefficient (Wildman–Crippen LogP) is 3.70. The van der Waals surface area contributed by atoms with Gasteiger partial charge in [-0.1, -0.05) is 26.7 Å². The molecule has 1 rings (SSSR count). The first kappa shape index (κ1) is 21.1. The van der Waals surface area contributed by atoms with Crippen molar-refractivity contribution in [3.8, 4) is 0 Å². The Balaban J connectivity index is 2.72. The van der Waals surface area contributed by atoms with E-state index in [1.54, 1.807) is 0 Å². The summed E-state index contributed by atoms with van der Waals surface area (Å²) in [5.74, 6) is -0.557. The monoisotopic (exact) mass is 338 g/mol. The minimum atomic E-state index is -0.802. The average Bonchev–Trinajstić information content (AvgIpc) is 2.48. The Bertz CT molecular complexity index is 397. The van der Waals surface area contributed by atoms with E-state index in [4.69, 9.17) is 14.0 Å². The maximum atomic E-state index is 12.4. The number of hydrogen-bond donors (Lipinski definition) is 0. The van der Waals surface area contributed by atoms with Crippen molar-refractivity contribution in [2.24, 2.45) is 10.8 Å². The summed E-state index contributed by atoms with van der Waals surface area (Å²) in [6.45, 7) is 11.6. The lowest BCUT2D eigenvalue weighted by atomic mass is 9.33. The summed E-state index contributed by atoms with van der Waals surface area (Å²) in [7, 11) is -0.802. The molecule has 0 saturated carbocycles. The Hall–Kier alpha value is -0.970. The van der Waals surface area contributed by atoms with E-state index in [9.17, 15) is 9.59 Å². The van der Waals surface area contributed by atoms with Crippen LogP contribution >= 0.6 is 0 Å². The summed E-state index contributed by atoms with van der Waals surface area (Å²) in [6, 6.07) is 0. The molecule has 0 unspecified atom stereocenters. The van der Waals surface area contributed by atoms with Crippen molar-refractivity contribution in [1.29, 1.82) is 0 Å². The zero-order valence-corrected chi connectivity index (χ0v) is 16.1. The molecule has 1 fully saturated rings. The van der Waals surface area contributed by atoms with Crippen molar-refractivity contribution < 1.29 is 23.6 Å². The minimum absolute atomic E-state index is 0.256. The van der Waals surface area contributed by atoms with Gasteiger partial charge in [0.25, 0.3) is 11.9 Å². The van der Waals surface area contributed by atoms with Crippen molar-refractivity contribution in [2.75, 3.05) is 6.61 Å². The van der Waals surface area contributed by atoms with Crippen LogP contribution in [0.5, 0.6) is 0 Å². The van der Waals surface area contributed by atoms with Crippen molar-refractivity contribution >= 4 is 25.8 Å². The molecule has 24 heavy (non-hydrogen) atoms. The lowest BCUT2D eigenvalue weighted by Crippen LogP contribution is -2.51. The second-order valence-electron chi connectivity index (χ2n) is 8.00. The van der Waals surface area contributed by atoms with Crippen LogP contribution in [0.2, 0.25) is 6.32 Å². The van der Waals surface area contributed by atoms with E-state index in [-0.39, 0.29) is 11.9 Å². The first-order valence-electron chi connectivity index (χ1n) is 9.18. The minimum Gasteiger partial charge on any atom is -0.534 e. The van der Waals surface area contributed by atoms with E-state index in [0.29, 0.717) is 12.9 Å². The van der Waals surface area contributed by atoms with E-state index < -0.39 is 24.6 Å². The van der Waals surface area contributed by atoms with Crippen molar-refractivity contribution in [3.05, 3.63) is 0 Å². The van der Waals surface area contributed by atoms with Crippen LogP contribution in [0.4, 0.5) is 0 Å². The van der Waals surface area contributed by atoms with Gasteiger partial charge in [0, 0.05) is 6.61 Å². The largest absolute Gasteiger partial charge is 0.534 e. The van der Waals surface area contributed by atoms with Crippen LogP contribution in [0.25, 0.3) is 0 Å². The van der Waals surface area contributed by atoms with Gasteiger partial charge in [-0.25, -0.2) is 0 Å². The van der Waals surface area contributed by atoms with Gasteiger partial charge in [-0.05, 0) is 53.3 Å². The SMILES string of the molecule is CCCC(C)(C)C(=O)OB1CCCOB1OC(=O)C(C)(C)CCC. The Kier molecular flexibility index (Phi) is 7.84. The second-order valence-corrected chi connectivity index (χ2v) is 8.00. The Morgan fingerprint density at radius 2 is 1.46 bits per heavy atom. The number of carbonyl (C=O) groups excluding carboxylic acids is 2. The van der Waals surface area contributed by atoms with E-state index in [2.05, 4.69) is 0 Å². The van der Waals surface area contributed by atoms with Gasteiger partial charge < -0.3 is 14.0 Å². The summed E-state index contributed by atoms with van der Waals surface area (Å²) < 4.78 is 16.8. The van der Waals surface area contributed by atoms with Crippen LogP contribution < -0.4 is 0 Å². The topological polar surface area (TPSA) is 61.8 Å². The van der Waals surface area contributed by atoms with E-state index >= 15 is 0 Å². The molecular formula is C17H32B2O5. The molecule has 0 amide bonds. The van der Waals surface area contributed by atoms with Crippen LogP contribution in [0.1, 0.15) is 73.6 Å². The number of hydrogen-bond acceptors (Lipinski definition) is 5. The fraction of sp³-hybridized carbons (Fsp3) is 0.882. The molecule has 0 aromatic rings. The summed E-state index contributed by atoms with van der Waals surface area (Å²) in [4.78, 5) is 24.8. The van der Waals surface area contributed by atoms with Gasteiger partial charge in [0.2, 0.25) is 0 Å². The highest BCUT2D eigenvalue weighted by molar-refractivity contribution is 7.14. The average molecular weight is 338 g/mol. The predicted molar refractivity (Wildman–Crippen MR) is 96.4 cm³/mol. The molecule has 1 heterocycles. The third-order valence-corrected chi connectivity index (χ3v) is 4.56. The first-order chi connectivity index (χ1) is 11.1. The Morgan fingerprint density at radius 3 is 1.96 bits per heavy atom. The van der Waals surface area contributed by atoms with Gasteiger partial charge >= 0.3 is 13.8 Å². The van der Waals surface area contributed by atoms with Crippen LogP contribution in [-0.2, 0) is 23.6 Å². The molecule has 0 spiro atoms. The van der Waals surface area contributed by atoms with E-state index in [1.807, 2.05) is 41.5 Å². The molecule has 0 aromatic carbocycles. The maximum absolute atomic E-state index is 12.4. The standard InChI is InChI=1S/C17H32B2O5/c1-7-10-16(3,4)14(20)23-18-12-9-13-22-19(18)24-15(21)17(5,6)11-8-2/h7-13H2,1-6H3. The highest BCUT2D eigenvalue weighted by atomic mass is 16.6. The number of carbonyl (C=O) groups is 2. The summed E-state index contributed by atoms with van der Waals surface area (Å²) in [5, 5.41) is 0. The Morgan fingerprint density at radius 1 is 0.958 bits per heavy atom. The van der Waals surface area contributed by atoms with Gasteiger partial charge in [0.05, 0.1) is 10.8 Å². The molecule has 7 heteroatoms. The van der Waals surface area contributed by atoms with Crippen LogP contribution in [0.3, 0.4) is 0 Å². The molecule has 0 atom stereocenters. The number of rotatable bonds is 8. The zero-order valence-electron chi connectivity index (χ0n) is 16.1.